The first-order valence-corrected chi connectivity index (χ1v) is 3.19. The monoisotopic (exact) mass is 222 g/mol. The quantitative estimate of drug-likeness (QED) is 0.230. The molecular weight excluding hydrogens is 223 g/mol. The molecule has 0 amide bonds. The predicted octanol–water partition coefficient (Wildman–Crippen LogP) is -1.71. The van der Waals surface area contributed by atoms with Crippen molar-refractivity contribution in [2.24, 2.45) is 0 Å². The Labute approximate surface area is 88.9 Å². The smallest absolute Gasteiger partial charge is 0.769 e. The van der Waals surface area contributed by atoms with Gasteiger partial charge >= 0.3 is 40.2 Å². The molecule has 0 aliphatic rings. The molecular formula is C2ClF4NaO2S. The molecule has 0 fully saturated rings. The zero-order chi connectivity index (χ0) is 8.58. The second-order valence-electron chi connectivity index (χ2n) is 1.25. The molecule has 2 unspecified atom stereocenters. The summed E-state index contributed by atoms with van der Waals surface area (Å²) in [6, 6.07) is 0. The SMILES string of the molecule is O=S([O-])C(F)(Cl)C(F)(F)F.[Na+]. The number of alkyl halides is 5. The molecule has 0 N–H and O–H groups in total. The van der Waals surface area contributed by atoms with Crippen molar-refractivity contribution in [2.45, 2.75) is 10.6 Å². The van der Waals surface area contributed by atoms with Crippen molar-refractivity contribution in [1.29, 1.82) is 0 Å². The summed E-state index contributed by atoms with van der Waals surface area (Å²) in [6.07, 6.45) is -5.60. The minimum absolute atomic E-state index is 0. The van der Waals surface area contributed by atoms with Gasteiger partial charge in [-0.05, 0) is 0 Å². The maximum Gasteiger partial charge on any atom is 1.00 e. The van der Waals surface area contributed by atoms with Crippen LogP contribution in [0.15, 0.2) is 0 Å². The van der Waals surface area contributed by atoms with E-state index in [-0.39, 0.29) is 29.6 Å². The minimum atomic E-state index is -5.60. The minimum Gasteiger partial charge on any atom is -0.769 e. The normalized spacial score (nSPS) is 19.8. The topological polar surface area (TPSA) is 40.1 Å². The zero-order valence-corrected chi connectivity index (χ0v) is 8.69. The van der Waals surface area contributed by atoms with Gasteiger partial charge < -0.3 is 4.55 Å². The van der Waals surface area contributed by atoms with Gasteiger partial charge in [0.1, 0.15) is 0 Å². The molecule has 0 spiro atoms. The maximum atomic E-state index is 11.7. The van der Waals surface area contributed by atoms with E-state index in [9.17, 15) is 26.3 Å². The van der Waals surface area contributed by atoms with Crippen LogP contribution < -0.4 is 29.6 Å². The van der Waals surface area contributed by atoms with E-state index < -0.39 is 21.7 Å². The number of rotatable bonds is 1. The van der Waals surface area contributed by atoms with E-state index in [4.69, 9.17) is 0 Å². The molecule has 62 valence electrons. The third-order valence-electron chi connectivity index (χ3n) is 0.539. The summed E-state index contributed by atoms with van der Waals surface area (Å²) < 4.78 is 59.5. The number of halogens is 5. The number of hydrogen-bond donors (Lipinski definition) is 0. The Morgan fingerprint density at radius 1 is 1.27 bits per heavy atom. The van der Waals surface area contributed by atoms with Crippen LogP contribution in [0.3, 0.4) is 0 Å². The van der Waals surface area contributed by atoms with E-state index in [1.165, 1.54) is 0 Å². The van der Waals surface area contributed by atoms with E-state index >= 15 is 0 Å². The Kier molecular flexibility index (Phi) is 5.83. The van der Waals surface area contributed by atoms with Gasteiger partial charge in [-0.1, -0.05) is 11.6 Å². The fourth-order valence-electron chi connectivity index (χ4n) is 0.0945. The van der Waals surface area contributed by atoms with Crippen LogP contribution >= 0.6 is 11.6 Å². The fraction of sp³-hybridized carbons (Fsp3) is 1.00. The van der Waals surface area contributed by atoms with Crippen molar-refractivity contribution >= 4 is 22.7 Å². The molecule has 0 saturated heterocycles. The first kappa shape index (κ1) is 14.6. The van der Waals surface area contributed by atoms with Gasteiger partial charge in [-0.25, -0.2) is 4.39 Å². The van der Waals surface area contributed by atoms with Crippen molar-refractivity contribution in [2.75, 3.05) is 0 Å². The number of hydrogen-bond acceptors (Lipinski definition) is 2. The summed E-state index contributed by atoms with van der Waals surface area (Å²) in [7, 11) is 0. The van der Waals surface area contributed by atoms with Crippen LogP contribution in [-0.2, 0) is 11.1 Å². The van der Waals surface area contributed by atoms with Crippen molar-refractivity contribution in [3.8, 4) is 0 Å². The molecule has 0 rings (SSSR count). The van der Waals surface area contributed by atoms with Crippen LogP contribution in [0.2, 0.25) is 0 Å². The third-order valence-corrected chi connectivity index (χ3v) is 1.78. The molecule has 0 saturated carbocycles. The van der Waals surface area contributed by atoms with Gasteiger partial charge in [-0.15, -0.1) is 0 Å². The molecule has 0 radical (unpaired) electrons. The van der Waals surface area contributed by atoms with Crippen molar-refractivity contribution in [3.05, 3.63) is 0 Å². The Morgan fingerprint density at radius 2 is 1.55 bits per heavy atom. The molecule has 0 aliphatic heterocycles. The molecule has 0 aromatic heterocycles. The van der Waals surface area contributed by atoms with Gasteiger partial charge in [0.25, 0.3) is 0 Å². The van der Waals surface area contributed by atoms with Crippen LogP contribution in [0.5, 0.6) is 0 Å². The van der Waals surface area contributed by atoms with Crippen LogP contribution in [-0.4, -0.2) is 19.4 Å². The standard InChI is InChI=1S/C2HClF4O2S.Na/c3-1(4,10(8)9)2(5,6)7;/h(H,8,9);/q;+1/p-1. The van der Waals surface area contributed by atoms with E-state index in [1.807, 2.05) is 0 Å². The molecule has 9 heteroatoms. The molecule has 0 aliphatic carbocycles. The average molecular weight is 223 g/mol. The van der Waals surface area contributed by atoms with Crippen LogP contribution in [0.4, 0.5) is 17.6 Å². The molecule has 0 aromatic rings. The van der Waals surface area contributed by atoms with Gasteiger partial charge in [0, 0.05) is 11.1 Å². The van der Waals surface area contributed by atoms with Crippen LogP contribution in [0.25, 0.3) is 0 Å². The first-order valence-electron chi connectivity index (χ1n) is 1.73. The summed E-state index contributed by atoms with van der Waals surface area (Å²) in [5.74, 6) is 0. The summed E-state index contributed by atoms with van der Waals surface area (Å²) in [5, 5.41) is 0. The summed E-state index contributed by atoms with van der Waals surface area (Å²) in [5.41, 5.74) is 0. The second kappa shape index (κ2) is 4.38. The van der Waals surface area contributed by atoms with E-state index in [2.05, 4.69) is 11.6 Å². The Hall–Kier alpha value is 1.12. The summed E-state index contributed by atoms with van der Waals surface area (Å²) in [6.45, 7) is 0. The van der Waals surface area contributed by atoms with E-state index in [0.717, 1.165) is 0 Å². The van der Waals surface area contributed by atoms with Crippen LogP contribution in [0.1, 0.15) is 0 Å². The Balaban J connectivity index is 0. The predicted molar refractivity (Wildman–Crippen MR) is 24.7 cm³/mol. The first-order chi connectivity index (χ1) is 4.19. The van der Waals surface area contributed by atoms with Crippen molar-refractivity contribution in [1.82, 2.24) is 0 Å². The van der Waals surface area contributed by atoms with Crippen LogP contribution in [0, 0.1) is 0 Å². The Morgan fingerprint density at radius 3 is 1.55 bits per heavy atom. The van der Waals surface area contributed by atoms with E-state index in [0.29, 0.717) is 0 Å². The second-order valence-corrected chi connectivity index (χ2v) is 3.03. The molecule has 0 heterocycles. The van der Waals surface area contributed by atoms with Crippen molar-refractivity contribution in [3.63, 3.8) is 0 Å². The van der Waals surface area contributed by atoms with E-state index in [1.54, 1.807) is 0 Å². The van der Waals surface area contributed by atoms with Gasteiger partial charge in [-0.3, -0.25) is 4.21 Å². The molecule has 0 aromatic carbocycles. The van der Waals surface area contributed by atoms with Crippen molar-refractivity contribution < 1.29 is 55.9 Å². The zero-order valence-electron chi connectivity index (χ0n) is 5.11. The Bertz CT molecular complexity index is 159. The largest absolute Gasteiger partial charge is 1.00 e. The van der Waals surface area contributed by atoms with Gasteiger partial charge in [-0.2, -0.15) is 13.2 Å². The molecule has 0 bridgehead atoms. The maximum absolute atomic E-state index is 11.7. The van der Waals surface area contributed by atoms with Gasteiger partial charge in [0.15, 0.2) is 0 Å². The molecule has 2 nitrogen and oxygen atoms in total. The fourth-order valence-corrected chi connectivity index (χ4v) is 0.283. The van der Waals surface area contributed by atoms with Gasteiger partial charge in [0.05, 0.1) is 0 Å². The molecule has 2 atom stereocenters. The van der Waals surface area contributed by atoms with Gasteiger partial charge in [0.2, 0.25) is 0 Å². The summed E-state index contributed by atoms with van der Waals surface area (Å²) >= 11 is -0.0787. The molecule has 11 heavy (non-hydrogen) atoms. The summed E-state index contributed by atoms with van der Waals surface area (Å²) in [4.78, 5) is 0. The third kappa shape index (κ3) is 3.56. The average Bonchev–Trinajstić information content (AvgIpc) is 1.62.